The molecule has 3 rings (SSSR count). The topological polar surface area (TPSA) is 159 Å². The number of benzene rings is 2. The second-order valence-corrected chi connectivity index (χ2v) is 10.2. The maximum Gasteiger partial charge on any atom is 0.514 e. The first-order chi connectivity index (χ1) is 22.9. The summed E-state index contributed by atoms with van der Waals surface area (Å²) in [6, 6.07) is 9.56. The number of Topliss-reactive ketones (excluding diaryl/α,β-unsaturated/α-hetero) is 1. The molecule has 1 aliphatic carbocycles. The number of esters is 2. The summed E-state index contributed by atoms with van der Waals surface area (Å²) in [7, 11) is 2.81. The van der Waals surface area contributed by atoms with Gasteiger partial charge in [0.05, 0.1) is 14.2 Å². The van der Waals surface area contributed by atoms with Crippen molar-refractivity contribution < 1.29 is 61.9 Å². The van der Waals surface area contributed by atoms with E-state index < -0.39 is 24.2 Å². The molecule has 13 nitrogen and oxygen atoms in total. The van der Waals surface area contributed by atoms with E-state index in [2.05, 4.69) is 13.2 Å². The van der Waals surface area contributed by atoms with Crippen LogP contribution in [-0.2, 0) is 33.3 Å². The van der Waals surface area contributed by atoms with Crippen LogP contribution in [0.25, 0.3) is 12.2 Å². The van der Waals surface area contributed by atoms with Crippen molar-refractivity contribution in [1.29, 1.82) is 0 Å². The standard InChI is InChI=1S/C35H36O13/c1-21(2)32(37)43-13-15-45-34(39)47-27-11-7-23(19-29(27)41-5)17-25-9-10-26(31(25)36)18-24-8-12-28(30(20-24)42-6)48-35(40)46-16-14-44-33(38)22(3)4/h7-8,11-12,17-20H,1,3,9-10,13-16H2,2,4-6H3. The minimum Gasteiger partial charge on any atom is -0.493 e. The highest BCUT2D eigenvalue weighted by Gasteiger charge is 2.24. The number of carbonyl (C=O) groups is 5. The summed E-state index contributed by atoms with van der Waals surface area (Å²) in [4.78, 5) is 60.1. The molecule has 0 aliphatic heterocycles. The third-order valence-corrected chi connectivity index (χ3v) is 6.46. The van der Waals surface area contributed by atoms with E-state index in [0.717, 1.165) is 0 Å². The van der Waals surface area contributed by atoms with Crippen LogP contribution in [0.4, 0.5) is 9.59 Å². The fourth-order valence-electron chi connectivity index (χ4n) is 4.10. The Hall–Kier alpha value is -5.85. The van der Waals surface area contributed by atoms with E-state index in [1.807, 2.05) is 0 Å². The van der Waals surface area contributed by atoms with Crippen molar-refractivity contribution in [3.05, 3.63) is 83.0 Å². The van der Waals surface area contributed by atoms with E-state index in [0.29, 0.717) is 35.1 Å². The fourth-order valence-corrected chi connectivity index (χ4v) is 4.10. The summed E-state index contributed by atoms with van der Waals surface area (Å²) < 4.78 is 40.7. The first-order valence-electron chi connectivity index (χ1n) is 14.6. The van der Waals surface area contributed by atoms with Gasteiger partial charge in [0.2, 0.25) is 0 Å². The first-order valence-corrected chi connectivity index (χ1v) is 14.6. The highest BCUT2D eigenvalue weighted by Crippen LogP contribution is 2.34. The smallest absolute Gasteiger partial charge is 0.493 e. The number of allylic oxidation sites excluding steroid dienone is 2. The van der Waals surface area contributed by atoms with Gasteiger partial charge in [0, 0.05) is 22.3 Å². The predicted molar refractivity (Wildman–Crippen MR) is 172 cm³/mol. The maximum absolute atomic E-state index is 13.2. The molecule has 0 heterocycles. The van der Waals surface area contributed by atoms with Gasteiger partial charge in [-0.1, -0.05) is 25.3 Å². The van der Waals surface area contributed by atoms with Crippen molar-refractivity contribution in [2.45, 2.75) is 26.7 Å². The van der Waals surface area contributed by atoms with Crippen LogP contribution in [-0.4, -0.2) is 70.7 Å². The lowest BCUT2D eigenvalue weighted by atomic mass is 10.1. The van der Waals surface area contributed by atoms with E-state index in [1.54, 1.807) is 36.4 Å². The highest BCUT2D eigenvalue weighted by molar-refractivity contribution is 6.15. The molecular weight excluding hydrogens is 628 g/mol. The molecule has 0 radical (unpaired) electrons. The van der Waals surface area contributed by atoms with Crippen LogP contribution in [0.2, 0.25) is 0 Å². The van der Waals surface area contributed by atoms with E-state index in [-0.39, 0.29) is 66.4 Å². The van der Waals surface area contributed by atoms with Gasteiger partial charge in [-0.05, 0) is 74.2 Å². The largest absolute Gasteiger partial charge is 0.514 e. The Morgan fingerprint density at radius 3 is 1.35 bits per heavy atom. The van der Waals surface area contributed by atoms with Crippen LogP contribution >= 0.6 is 0 Å². The normalized spacial score (nSPS) is 13.8. The van der Waals surface area contributed by atoms with Gasteiger partial charge in [-0.25, -0.2) is 19.2 Å². The average Bonchev–Trinajstić information content (AvgIpc) is 3.39. The molecule has 0 saturated heterocycles. The molecule has 1 fully saturated rings. The Balaban J connectivity index is 1.60. The van der Waals surface area contributed by atoms with Crippen LogP contribution in [0.1, 0.15) is 37.8 Å². The molecule has 0 aromatic heterocycles. The first kappa shape index (κ1) is 36.6. The quantitative estimate of drug-likeness (QED) is 0.0784. The fraction of sp³-hybridized carbons (Fsp3) is 0.286. The van der Waals surface area contributed by atoms with Crippen molar-refractivity contribution in [3.8, 4) is 23.0 Å². The molecule has 1 aliphatic rings. The zero-order chi connectivity index (χ0) is 35.2. The van der Waals surface area contributed by atoms with E-state index in [1.165, 1.54) is 40.2 Å². The second-order valence-electron chi connectivity index (χ2n) is 10.2. The summed E-state index contributed by atoms with van der Waals surface area (Å²) in [5.41, 5.74) is 2.89. The lowest BCUT2D eigenvalue weighted by molar-refractivity contribution is -0.140. The average molecular weight is 665 g/mol. The van der Waals surface area contributed by atoms with Gasteiger partial charge in [-0.15, -0.1) is 0 Å². The number of methoxy groups -OCH3 is 2. The van der Waals surface area contributed by atoms with Gasteiger partial charge in [-0.3, -0.25) is 4.79 Å². The SMILES string of the molecule is C=C(C)C(=O)OCCOC(=O)Oc1ccc(C=C2CCC(=Cc3ccc(OC(=O)OCCOC(=O)C(=C)C)c(OC)c3)C2=O)cc1OC. The minimum absolute atomic E-state index is 0.0978. The van der Waals surface area contributed by atoms with Crippen LogP contribution < -0.4 is 18.9 Å². The van der Waals surface area contributed by atoms with Gasteiger partial charge in [-0.2, -0.15) is 0 Å². The Morgan fingerprint density at radius 1 is 0.625 bits per heavy atom. The van der Waals surface area contributed by atoms with Crippen LogP contribution in [0, 0.1) is 0 Å². The Bertz CT molecular complexity index is 1530. The van der Waals surface area contributed by atoms with Crippen molar-refractivity contribution >= 4 is 42.2 Å². The van der Waals surface area contributed by atoms with Crippen molar-refractivity contribution in [3.63, 3.8) is 0 Å². The van der Waals surface area contributed by atoms with Gasteiger partial charge >= 0.3 is 24.2 Å². The van der Waals surface area contributed by atoms with Crippen molar-refractivity contribution in [1.82, 2.24) is 0 Å². The summed E-state index contributed by atoms with van der Waals surface area (Å²) in [6.45, 7) is 9.19. The molecule has 13 heteroatoms. The third-order valence-electron chi connectivity index (χ3n) is 6.46. The lowest BCUT2D eigenvalue weighted by Gasteiger charge is -2.11. The Morgan fingerprint density at radius 2 is 1.00 bits per heavy atom. The minimum atomic E-state index is -1.01. The van der Waals surface area contributed by atoms with Gasteiger partial charge in [0.15, 0.2) is 28.8 Å². The molecule has 254 valence electrons. The Kier molecular flexibility index (Phi) is 13.5. The van der Waals surface area contributed by atoms with E-state index in [9.17, 15) is 24.0 Å². The second kappa shape index (κ2) is 17.7. The summed E-state index contributed by atoms with van der Waals surface area (Å²) in [5.74, 6) is -0.660. The molecule has 1 saturated carbocycles. The molecule has 0 bridgehead atoms. The molecule has 0 spiro atoms. The molecule has 0 amide bonds. The molecule has 0 N–H and O–H groups in total. The number of carbonyl (C=O) groups excluding carboxylic acids is 5. The lowest BCUT2D eigenvalue weighted by Crippen LogP contribution is -2.16. The van der Waals surface area contributed by atoms with Gasteiger partial charge in [0.25, 0.3) is 0 Å². The monoisotopic (exact) mass is 664 g/mol. The molecule has 0 atom stereocenters. The third kappa shape index (κ3) is 10.9. The van der Waals surface area contributed by atoms with E-state index >= 15 is 0 Å². The summed E-state index contributed by atoms with van der Waals surface area (Å²) >= 11 is 0. The number of ether oxygens (including phenoxy) is 8. The molecule has 2 aromatic carbocycles. The number of hydrogen-bond donors (Lipinski definition) is 0. The molecule has 48 heavy (non-hydrogen) atoms. The van der Waals surface area contributed by atoms with E-state index in [4.69, 9.17) is 37.9 Å². The number of ketones is 1. The summed E-state index contributed by atoms with van der Waals surface area (Å²) in [5, 5.41) is 0. The van der Waals surface area contributed by atoms with Gasteiger partial charge < -0.3 is 37.9 Å². The zero-order valence-corrected chi connectivity index (χ0v) is 27.1. The molecular formula is C35H36O13. The molecule has 0 unspecified atom stereocenters. The Labute approximate surface area is 277 Å². The number of rotatable bonds is 14. The van der Waals surface area contributed by atoms with Crippen LogP contribution in [0.5, 0.6) is 23.0 Å². The van der Waals surface area contributed by atoms with Crippen LogP contribution in [0.15, 0.2) is 71.8 Å². The number of hydrogen-bond acceptors (Lipinski definition) is 13. The predicted octanol–water partition coefficient (Wildman–Crippen LogP) is 5.80. The van der Waals surface area contributed by atoms with Crippen molar-refractivity contribution in [2.24, 2.45) is 0 Å². The summed E-state index contributed by atoms with van der Waals surface area (Å²) in [6.07, 6.45) is 2.43. The zero-order valence-electron chi connectivity index (χ0n) is 27.1. The highest BCUT2D eigenvalue weighted by atomic mass is 16.7. The molecule has 2 aromatic rings. The maximum atomic E-state index is 13.2. The van der Waals surface area contributed by atoms with Gasteiger partial charge in [0.1, 0.15) is 26.4 Å². The van der Waals surface area contributed by atoms with Crippen LogP contribution in [0.3, 0.4) is 0 Å². The van der Waals surface area contributed by atoms with Crippen molar-refractivity contribution in [2.75, 3.05) is 40.6 Å².